The van der Waals surface area contributed by atoms with Gasteiger partial charge < -0.3 is 14.7 Å². The zero-order chi connectivity index (χ0) is 17.8. The molecule has 0 bridgehead atoms. The molecule has 2 aromatic rings. The van der Waals surface area contributed by atoms with Crippen LogP contribution in [0.1, 0.15) is 27.6 Å². The lowest BCUT2D eigenvalue weighted by Crippen LogP contribution is -2.43. The molecule has 3 rings (SSSR count). The quantitative estimate of drug-likeness (QED) is 0.927. The maximum absolute atomic E-state index is 13.9. The van der Waals surface area contributed by atoms with E-state index in [-0.39, 0.29) is 30.3 Å². The molecule has 25 heavy (non-hydrogen) atoms. The van der Waals surface area contributed by atoms with Gasteiger partial charge in [0.25, 0.3) is 0 Å². The fraction of sp³-hybridized carbons (Fsp3) is 0.263. The summed E-state index contributed by atoms with van der Waals surface area (Å²) in [7, 11) is 0. The van der Waals surface area contributed by atoms with Crippen molar-refractivity contribution in [2.24, 2.45) is 0 Å². The van der Waals surface area contributed by atoms with Crippen molar-refractivity contribution in [1.29, 1.82) is 0 Å². The van der Waals surface area contributed by atoms with Gasteiger partial charge in [-0.25, -0.2) is 9.18 Å². The molecule has 1 unspecified atom stereocenters. The Hall–Kier alpha value is -2.73. The second kappa shape index (κ2) is 7.44. The van der Waals surface area contributed by atoms with Gasteiger partial charge in [0.1, 0.15) is 11.9 Å². The number of carbonyl (C=O) groups excluding carboxylic acids is 1. The average molecular weight is 343 g/mol. The molecule has 6 heteroatoms. The fourth-order valence-electron chi connectivity index (χ4n) is 2.96. The van der Waals surface area contributed by atoms with Crippen molar-refractivity contribution >= 4 is 11.9 Å². The maximum atomic E-state index is 13.9. The molecule has 0 saturated carbocycles. The summed E-state index contributed by atoms with van der Waals surface area (Å²) in [6, 6.07) is 12.8. The van der Waals surface area contributed by atoms with E-state index in [9.17, 15) is 19.1 Å². The van der Waals surface area contributed by atoms with Crippen LogP contribution in [0.2, 0.25) is 0 Å². The lowest BCUT2D eigenvalue weighted by atomic mass is 10.0. The average Bonchev–Trinajstić information content (AvgIpc) is 2.62. The van der Waals surface area contributed by atoms with E-state index in [0.29, 0.717) is 24.3 Å². The van der Waals surface area contributed by atoms with E-state index in [0.717, 1.165) is 0 Å². The predicted molar refractivity (Wildman–Crippen MR) is 88.8 cm³/mol. The Morgan fingerprint density at radius 2 is 1.88 bits per heavy atom. The topological polar surface area (TPSA) is 66.8 Å². The molecule has 1 fully saturated rings. The monoisotopic (exact) mass is 343 g/mol. The largest absolute Gasteiger partial charge is 0.478 e. The van der Waals surface area contributed by atoms with E-state index in [2.05, 4.69) is 0 Å². The van der Waals surface area contributed by atoms with Gasteiger partial charge in [0.2, 0.25) is 5.91 Å². The molecule has 0 aliphatic carbocycles. The third-order valence-electron chi connectivity index (χ3n) is 4.26. The number of ether oxygens (including phenoxy) is 1. The summed E-state index contributed by atoms with van der Waals surface area (Å²) in [6.07, 6.45) is -0.527. The summed E-state index contributed by atoms with van der Waals surface area (Å²) >= 11 is 0. The second-order valence-electron chi connectivity index (χ2n) is 5.86. The van der Waals surface area contributed by atoms with E-state index in [1.54, 1.807) is 41.3 Å². The number of aromatic carboxylic acids is 1. The van der Waals surface area contributed by atoms with Crippen LogP contribution in [0, 0.1) is 5.82 Å². The van der Waals surface area contributed by atoms with Crippen LogP contribution in [-0.2, 0) is 16.0 Å². The van der Waals surface area contributed by atoms with Gasteiger partial charge >= 0.3 is 5.97 Å². The highest BCUT2D eigenvalue weighted by Gasteiger charge is 2.27. The molecule has 0 aromatic heterocycles. The van der Waals surface area contributed by atoms with E-state index < -0.39 is 12.1 Å². The van der Waals surface area contributed by atoms with Gasteiger partial charge in [-0.1, -0.05) is 36.4 Å². The van der Waals surface area contributed by atoms with E-state index in [1.165, 1.54) is 12.1 Å². The van der Waals surface area contributed by atoms with Gasteiger partial charge in [-0.3, -0.25) is 4.79 Å². The third kappa shape index (κ3) is 3.85. The molecule has 1 N–H and O–H groups in total. The lowest BCUT2D eigenvalue weighted by molar-refractivity contribution is -0.138. The van der Waals surface area contributed by atoms with Gasteiger partial charge in [-0.05, 0) is 17.7 Å². The van der Waals surface area contributed by atoms with Crippen LogP contribution in [0.3, 0.4) is 0 Å². The minimum Gasteiger partial charge on any atom is -0.478 e. The first kappa shape index (κ1) is 17.1. The molecule has 1 amide bonds. The molecule has 5 nitrogen and oxygen atoms in total. The molecule has 1 saturated heterocycles. The van der Waals surface area contributed by atoms with E-state index >= 15 is 0 Å². The Labute approximate surface area is 144 Å². The van der Waals surface area contributed by atoms with Crippen LogP contribution < -0.4 is 0 Å². The summed E-state index contributed by atoms with van der Waals surface area (Å²) in [6.45, 7) is 0.958. The first-order valence-corrected chi connectivity index (χ1v) is 8.01. The van der Waals surface area contributed by atoms with Crippen molar-refractivity contribution in [3.8, 4) is 0 Å². The van der Waals surface area contributed by atoms with Crippen molar-refractivity contribution in [3.05, 3.63) is 71.0 Å². The first-order valence-electron chi connectivity index (χ1n) is 8.01. The number of hydrogen-bond acceptors (Lipinski definition) is 3. The van der Waals surface area contributed by atoms with Crippen LogP contribution in [0.25, 0.3) is 0 Å². The summed E-state index contributed by atoms with van der Waals surface area (Å²) < 4.78 is 19.6. The Morgan fingerprint density at radius 3 is 2.64 bits per heavy atom. The van der Waals surface area contributed by atoms with Crippen molar-refractivity contribution in [3.63, 3.8) is 0 Å². The molecule has 130 valence electrons. The van der Waals surface area contributed by atoms with Gasteiger partial charge in [0, 0.05) is 12.1 Å². The summed E-state index contributed by atoms with van der Waals surface area (Å²) in [5.74, 6) is -1.62. The summed E-state index contributed by atoms with van der Waals surface area (Å²) in [4.78, 5) is 25.5. The van der Waals surface area contributed by atoms with Crippen LogP contribution in [-0.4, -0.2) is 41.6 Å². The fourth-order valence-corrected chi connectivity index (χ4v) is 2.96. The Balaban J connectivity index is 1.73. The van der Waals surface area contributed by atoms with Gasteiger partial charge in [0.05, 0.1) is 25.1 Å². The molecular weight excluding hydrogens is 325 g/mol. The highest BCUT2D eigenvalue weighted by Crippen LogP contribution is 2.25. The normalized spacial score (nSPS) is 17.3. The number of nitrogens with zero attached hydrogens (tertiary/aromatic N) is 1. The number of amides is 1. The molecule has 1 heterocycles. The van der Waals surface area contributed by atoms with Gasteiger partial charge in [-0.15, -0.1) is 0 Å². The number of hydrogen-bond donors (Lipinski definition) is 1. The highest BCUT2D eigenvalue weighted by atomic mass is 19.1. The standard InChI is InChI=1S/C19H18FNO4/c20-16-8-4-3-7-15(16)17-12-21(9-10-25-17)18(22)11-13-5-1-2-6-14(13)19(23)24/h1-8,17H,9-12H2,(H,23,24). The Bertz CT molecular complexity index is 792. The number of rotatable bonds is 4. The maximum Gasteiger partial charge on any atom is 0.335 e. The smallest absolute Gasteiger partial charge is 0.335 e. The number of halogens is 1. The van der Waals surface area contributed by atoms with Crippen molar-refractivity contribution in [2.45, 2.75) is 12.5 Å². The molecule has 0 spiro atoms. The summed E-state index contributed by atoms with van der Waals surface area (Å²) in [5.41, 5.74) is 1.01. The minimum absolute atomic E-state index is 0.00748. The number of morpholine rings is 1. The van der Waals surface area contributed by atoms with Crippen LogP contribution in [0.4, 0.5) is 4.39 Å². The summed E-state index contributed by atoms with van der Waals surface area (Å²) in [5, 5.41) is 9.22. The zero-order valence-corrected chi connectivity index (χ0v) is 13.5. The predicted octanol–water partition coefficient (Wildman–Crippen LogP) is 2.67. The van der Waals surface area contributed by atoms with Crippen LogP contribution in [0.15, 0.2) is 48.5 Å². The third-order valence-corrected chi connectivity index (χ3v) is 4.26. The Kier molecular flexibility index (Phi) is 5.09. The first-order chi connectivity index (χ1) is 12.1. The number of benzene rings is 2. The number of carboxylic acid groups (broad SMARTS) is 1. The molecule has 1 atom stereocenters. The Morgan fingerprint density at radius 1 is 1.16 bits per heavy atom. The van der Waals surface area contributed by atoms with E-state index in [4.69, 9.17) is 4.74 Å². The van der Waals surface area contributed by atoms with Gasteiger partial charge in [-0.2, -0.15) is 0 Å². The molecule has 0 radical (unpaired) electrons. The zero-order valence-electron chi connectivity index (χ0n) is 13.5. The van der Waals surface area contributed by atoms with Crippen molar-refractivity contribution in [2.75, 3.05) is 19.7 Å². The molecule has 1 aliphatic rings. The number of carbonyl (C=O) groups is 2. The molecular formula is C19H18FNO4. The number of carboxylic acids is 1. The highest BCUT2D eigenvalue weighted by molar-refractivity contribution is 5.91. The SMILES string of the molecule is O=C(O)c1ccccc1CC(=O)N1CCOC(c2ccccc2F)C1. The lowest BCUT2D eigenvalue weighted by Gasteiger charge is -2.33. The van der Waals surface area contributed by atoms with Crippen molar-refractivity contribution in [1.82, 2.24) is 4.90 Å². The molecule has 1 aliphatic heterocycles. The second-order valence-corrected chi connectivity index (χ2v) is 5.86. The molecule has 2 aromatic carbocycles. The van der Waals surface area contributed by atoms with E-state index in [1.807, 2.05) is 0 Å². The van der Waals surface area contributed by atoms with Crippen LogP contribution in [0.5, 0.6) is 0 Å². The van der Waals surface area contributed by atoms with Gasteiger partial charge in [0.15, 0.2) is 0 Å². The minimum atomic E-state index is -1.06. The van der Waals surface area contributed by atoms with Crippen LogP contribution >= 0.6 is 0 Å². The van der Waals surface area contributed by atoms with Crippen molar-refractivity contribution < 1.29 is 23.8 Å².